The third-order valence-electron chi connectivity index (χ3n) is 2.75. The number of nitrogens with zero attached hydrogens (tertiary/aromatic N) is 4. The van der Waals surface area contributed by atoms with Gasteiger partial charge in [-0.05, 0) is 36.0 Å². The number of hydrogen-bond donors (Lipinski definition) is 2. The molecular weight excluding hydrogens is 324 g/mol. The van der Waals surface area contributed by atoms with Crippen molar-refractivity contribution >= 4 is 27.5 Å². The second-order valence-corrected chi connectivity index (χ2v) is 7.06. The number of H-pyrrole nitrogens is 1. The lowest BCUT2D eigenvalue weighted by Crippen LogP contribution is -2.13. The summed E-state index contributed by atoms with van der Waals surface area (Å²) in [4.78, 5) is 7.19. The van der Waals surface area contributed by atoms with Crippen LogP contribution in [0.4, 0.5) is 5.69 Å². The fraction of sp³-hybridized carbons (Fsp3) is 0.0833. The van der Waals surface area contributed by atoms with Crippen LogP contribution in [-0.2, 0) is 17.1 Å². The van der Waals surface area contributed by atoms with Crippen molar-refractivity contribution in [2.75, 3.05) is 4.72 Å². The van der Waals surface area contributed by atoms with Gasteiger partial charge in [0.2, 0.25) is 0 Å². The summed E-state index contributed by atoms with van der Waals surface area (Å²) >= 11 is 1.44. The lowest BCUT2D eigenvalue weighted by atomic mass is 10.3. The molecule has 2 heterocycles. The lowest BCUT2D eigenvalue weighted by molar-refractivity contribution is 0.598. The Hall–Kier alpha value is -2.33. The molecule has 0 saturated carbocycles. The molecule has 0 unspecified atom stereocenters. The first-order valence-electron chi connectivity index (χ1n) is 6.18. The molecule has 114 valence electrons. The van der Waals surface area contributed by atoms with E-state index in [9.17, 15) is 8.42 Å². The van der Waals surface area contributed by atoms with Gasteiger partial charge in [-0.25, -0.2) is 4.98 Å². The molecule has 2 aromatic heterocycles. The zero-order chi connectivity index (χ0) is 15.6. The number of anilines is 1. The van der Waals surface area contributed by atoms with Crippen LogP contribution >= 0.6 is 11.8 Å². The second kappa shape index (κ2) is 5.81. The summed E-state index contributed by atoms with van der Waals surface area (Å²) in [5.74, 6) is 0. The zero-order valence-electron chi connectivity index (χ0n) is 11.5. The topological polar surface area (TPSA) is 106 Å². The van der Waals surface area contributed by atoms with Gasteiger partial charge in [-0.3, -0.25) is 4.72 Å². The Kier molecular flexibility index (Phi) is 3.86. The number of sulfonamides is 1. The molecule has 0 amide bonds. The van der Waals surface area contributed by atoms with Crippen molar-refractivity contribution in [1.29, 1.82) is 0 Å². The highest BCUT2D eigenvalue weighted by Crippen LogP contribution is 2.26. The number of nitrogens with one attached hydrogen (secondary N) is 2. The highest BCUT2D eigenvalue weighted by atomic mass is 32.2. The molecule has 0 aliphatic heterocycles. The lowest BCUT2D eigenvalue weighted by Gasteiger charge is -2.07. The molecule has 0 aliphatic carbocycles. The fourth-order valence-corrected chi connectivity index (χ4v) is 3.39. The van der Waals surface area contributed by atoms with E-state index >= 15 is 0 Å². The van der Waals surface area contributed by atoms with Crippen LogP contribution in [0.1, 0.15) is 0 Å². The maximum Gasteiger partial charge on any atom is 0.278 e. The quantitative estimate of drug-likeness (QED) is 0.731. The van der Waals surface area contributed by atoms with E-state index in [1.54, 1.807) is 23.0 Å². The summed E-state index contributed by atoms with van der Waals surface area (Å²) in [7, 11) is -1.78. The van der Waals surface area contributed by atoms with Crippen LogP contribution in [0.2, 0.25) is 0 Å². The van der Waals surface area contributed by atoms with Crippen LogP contribution in [0.5, 0.6) is 0 Å². The van der Waals surface area contributed by atoms with Crippen LogP contribution in [0.15, 0.2) is 58.2 Å². The SMILES string of the molecule is Cn1cnnc1Sc1ccc(NS(=O)(=O)c2cnc[nH]2)cc1. The molecule has 1 aromatic carbocycles. The zero-order valence-corrected chi connectivity index (χ0v) is 13.1. The molecule has 3 aromatic rings. The number of rotatable bonds is 5. The van der Waals surface area contributed by atoms with Crippen LogP contribution in [-0.4, -0.2) is 33.2 Å². The van der Waals surface area contributed by atoms with E-state index in [0.717, 1.165) is 10.1 Å². The van der Waals surface area contributed by atoms with Crippen molar-refractivity contribution in [3.05, 3.63) is 43.1 Å². The first-order chi connectivity index (χ1) is 10.5. The van der Waals surface area contributed by atoms with Gasteiger partial charge >= 0.3 is 0 Å². The maximum atomic E-state index is 12.0. The van der Waals surface area contributed by atoms with Gasteiger partial charge in [0, 0.05) is 17.6 Å². The van der Waals surface area contributed by atoms with Gasteiger partial charge in [0.05, 0.1) is 12.5 Å². The van der Waals surface area contributed by atoms with Gasteiger partial charge in [-0.15, -0.1) is 10.2 Å². The van der Waals surface area contributed by atoms with Gasteiger partial charge in [-0.2, -0.15) is 8.42 Å². The van der Waals surface area contributed by atoms with Gasteiger partial charge in [0.15, 0.2) is 10.2 Å². The van der Waals surface area contributed by atoms with E-state index in [-0.39, 0.29) is 5.03 Å². The highest BCUT2D eigenvalue weighted by molar-refractivity contribution is 7.99. The van der Waals surface area contributed by atoms with Crippen molar-refractivity contribution < 1.29 is 8.42 Å². The van der Waals surface area contributed by atoms with Gasteiger partial charge in [0.1, 0.15) is 6.33 Å². The predicted octanol–water partition coefficient (Wildman–Crippen LogP) is 1.49. The van der Waals surface area contributed by atoms with Crippen molar-refractivity contribution in [2.45, 2.75) is 15.1 Å². The van der Waals surface area contributed by atoms with E-state index in [1.807, 2.05) is 19.2 Å². The van der Waals surface area contributed by atoms with Crippen LogP contribution in [0.3, 0.4) is 0 Å². The van der Waals surface area contributed by atoms with Crippen molar-refractivity contribution in [3.63, 3.8) is 0 Å². The Morgan fingerprint density at radius 2 is 2.05 bits per heavy atom. The number of aryl methyl sites for hydroxylation is 1. The van der Waals surface area contributed by atoms with Crippen LogP contribution < -0.4 is 4.72 Å². The molecule has 0 fully saturated rings. The van der Waals surface area contributed by atoms with E-state index in [0.29, 0.717) is 5.69 Å². The van der Waals surface area contributed by atoms with Crippen molar-refractivity contribution in [1.82, 2.24) is 24.7 Å². The third-order valence-corrected chi connectivity index (χ3v) is 5.11. The maximum absolute atomic E-state index is 12.0. The molecule has 0 bridgehead atoms. The third kappa shape index (κ3) is 3.12. The van der Waals surface area contributed by atoms with E-state index < -0.39 is 10.0 Å². The Balaban J connectivity index is 1.73. The van der Waals surface area contributed by atoms with E-state index in [1.165, 1.54) is 24.3 Å². The molecule has 2 N–H and O–H groups in total. The minimum atomic E-state index is -3.64. The Morgan fingerprint density at radius 1 is 1.27 bits per heavy atom. The predicted molar refractivity (Wildman–Crippen MR) is 81.0 cm³/mol. The standard InChI is InChI=1S/C12H12N6O2S2/c1-18-8-15-16-12(18)21-10-4-2-9(3-5-10)17-22(19,20)11-6-13-7-14-11/h2-8,17H,1H3,(H,13,14). The average molecular weight is 336 g/mol. The average Bonchev–Trinajstić information content (AvgIpc) is 3.14. The van der Waals surface area contributed by atoms with Gasteiger partial charge in [-0.1, -0.05) is 0 Å². The first-order valence-corrected chi connectivity index (χ1v) is 8.48. The second-order valence-electron chi connectivity index (χ2n) is 4.37. The molecule has 0 saturated heterocycles. The number of benzene rings is 1. The summed E-state index contributed by atoms with van der Waals surface area (Å²) in [6, 6.07) is 6.99. The van der Waals surface area contributed by atoms with Gasteiger partial charge < -0.3 is 9.55 Å². The van der Waals surface area contributed by atoms with Crippen LogP contribution in [0, 0.1) is 0 Å². The highest BCUT2D eigenvalue weighted by Gasteiger charge is 2.15. The fourth-order valence-electron chi connectivity index (χ4n) is 1.66. The summed E-state index contributed by atoms with van der Waals surface area (Å²) < 4.78 is 28.4. The Bertz CT molecular complexity index is 855. The van der Waals surface area contributed by atoms with E-state index in [4.69, 9.17) is 0 Å². The van der Waals surface area contributed by atoms with Crippen LogP contribution in [0.25, 0.3) is 0 Å². The molecule has 0 radical (unpaired) electrons. The minimum absolute atomic E-state index is 0.0186. The monoisotopic (exact) mass is 336 g/mol. The molecule has 8 nitrogen and oxygen atoms in total. The molecule has 0 atom stereocenters. The summed E-state index contributed by atoms with van der Waals surface area (Å²) in [6.45, 7) is 0. The number of hydrogen-bond acceptors (Lipinski definition) is 6. The summed E-state index contributed by atoms with van der Waals surface area (Å²) in [6.07, 6.45) is 4.19. The summed E-state index contributed by atoms with van der Waals surface area (Å²) in [5, 5.41) is 8.56. The molecular formula is C12H12N6O2S2. The number of imidazole rings is 1. The van der Waals surface area contributed by atoms with Crippen molar-refractivity contribution in [2.24, 2.45) is 7.05 Å². The molecule has 22 heavy (non-hydrogen) atoms. The first kappa shape index (κ1) is 14.6. The molecule has 0 aliphatic rings. The Labute approximate surface area is 131 Å². The number of aromatic amines is 1. The largest absolute Gasteiger partial charge is 0.334 e. The van der Waals surface area contributed by atoms with E-state index in [2.05, 4.69) is 24.9 Å². The summed E-state index contributed by atoms with van der Waals surface area (Å²) in [5.41, 5.74) is 0.469. The molecule has 0 spiro atoms. The Morgan fingerprint density at radius 3 is 2.64 bits per heavy atom. The minimum Gasteiger partial charge on any atom is -0.334 e. The van der Waals surface area contributed by atoms with Gasteiger partial charge in [0.25, 0.3) is 10.0 Å². The molecule has 3 rings (SSSR count). The number of aromatic nitrogens is 5. The smallest absolute Gasteiger partial charge is 0.278 e. The normalized spacial score (nSPS) is 11.5. The van der Waals surface area contributed by atoms with Crippen molar-refractivity contribution in [3.8, 4) is 0 Å². The molecule has 10 heteroatoms.